The van der Waals surface area contributed by atoms with E-state index in [0.29, 0.717) is 5.92 Å². The lowest BCUT2D eigenvalue weighted by Gasteiger charge is -2.48. The number of nitrogens with zero attached hydrogens (tertiary/aromatic N) is 2. The molecule has 1 aromatic heterocycles. The van der Waals surface area contributed by atoms with Gasteiger partial charge in [-0.05, 0) is 132 Å². The fourth-order valence-electron chi connectivity index (χ4n) is 11.0. The molecule has 59 heavy (non-hydrogen) atoms. The third-order valence-electron chi connectivity index (χ3n) is 13.6. The van der Waals surface area contributed by atoms with E-state index in [1.165, 1.54) is 93.3 Å². The minimum absolute atomic E-state index is 0.127. The third-order valence-corrected chi connectivity index (χ3v) is 16.4. The molecule has 7 aliphatic rings. The van der Waals surface area contributed by atoms with Gasteiger partial charge in [-0.3, -0.25) is 0 Å². The van der Waals surface area contributed by atoms with Crippen LogP contribution in [-0.4, -0.2) is 4.75 Å². The van der Waals surface area contributed by atoms with Crippen LogP contribution in [0.15, 0.2) is 231 Å². The van der Waals surface area contributed by atoms with Gasteiger partial charge in [0.25, 0.3) is 0 Å². The topological polar surface area (TPSA) is 6.48 Å². The molecule has 4 atom stereocenters. The van der Waals surface area contributed by atoms with Crippen molar-refractivity contribution in [2.24, 2.45) is 17.8 Å². The van der Waals surface area contributed by atoms with Gasteiger partial charge in [-0.1, -0.05) is 115 Å². The van der Waals surface area contributed by atoms with Gasteiger partial charge in [-0.15, -0.1) is 23.1 Å². The molecule has 4 aromatic carbocycles. The minimum atomic E-state index is -0.127. The SMILES string of the molecule is CC1=CC(N(C2=CC=CC3C4=C(CCC=C4)SC23C)c2ccccc2)=C2C=CC3=C(C)C=C(N(c4ccccc4)c4cccc5c4sc4ccccc45)C4=CC=C1C2C43. The standard InChI is InChI=1S/C55H44N2S2/c1-34-32-47(56(36-16-6-4-7-17-36)46-24-14-22-41-40-20-10-12-25-49(40)58-54(41)46)43-30-28-39-35(2)33-48(44-31-29-38(34)52(43)53(39)44)57(37-18-8-5-9-19-37)51-27-15-23-45-42-21-11-13-26-50(42)59-55(45,51)3/h4-12,14-25,27-33,45,52-53H,13,26H2,1-3H3. The van der Waals surface area contributed by atoms with Crippen LogP contribution in [0, 0.1) is 17.8 Å². The number of fused-ring (bicyclic) bond motifs is 5. The van der Waals surface area contributed by atoms with Crippen LogP contribution in [0.1, 0.15) is 33.6 Å². The van der Waals surface area contributed by atoms with Crippen LogP contribution in [0.4, 0.5) is 17.1 Å². The Kier molecular flexibility index (Phi) is 7.96. The van der Waals surface area contributed by atoms with E-state index in [1.54, 1.807) is 4.91 Å². The van der Waals surface area contributed by atoms with Crippen molar-refractivity contribution in [3.8, 4) is 0 Å². The molecule has 0 saturated heterocycles. The molecular formula is C55H44N2S2. The highest BCUT2D eigenvalue weighted by Crippen LogP contribution is 2.61. The lowest BCUT2D eigenvalue weighted by molar-refractivity contribution is 0.538. The van der Waals surface area contributed by atoms with Crippen molar-refractivity contribution in [2.75, 3.05) is 9.80 Å². The number of thioether (sulfide) groups is 1. The van der Waals surface area contributed by atoms with E-state index in [0.717, 1.165) is 12.8 Å². The van der Waals surface area contributed by atoms with E-state index in [1.807, 2.05) is 11.3 Å². The van der Waals surface area contributed by atoms with Gasteiger partial charge in [0.05, 0.1) is 20.8 Å². The summed E-state index contributed by atoms with van der Waals surface area (Å²) in [6, 6.07) is 37.9. The molecule has 286 valence electrons. The average Bonchev–Trinajstić information content (AvgIpc) is 3.81. The largest absolute Gasteiger partial charge is 0.312 e. The molecule has 0 bridgehead atoms. The van der Waals surface area contributed by atoms with Crippen LogP contribution in [0.5, 0.6) is 0 Å². The van der Waals surface area contributed by atoms with Crippen molar-refractivity contribution in [1.29, 1.82) is 0 Å². The van der Waals surface area contributed by atoms with Gasteiger partial charge in [-0.2, -0.15) is 0 Å². The molecule has 0 radical (unpaired) electrons. The van der Waals surface area contributed by atoms with Crippen molar-refractivity contribution in [2.45, 2.75) is 38.4 Å². The van der Waals surface area contributed by atoms with Crippen LogP contribution in [0.2, 0.25) is 0 Å². The number of anilines is 3. The Labute approximate surface area is 355 Å². The maximum atomic E-state index is 2.63. The predicted molar refractivity (Wildman–Crippen MR) is 253 cm³/mol. The number of para-hydroxylation sites is 2. The molecule has 2 nitrogen and oxygen atoms in total. The van der Waals surface area contributed by atoms with Crippen molar-refractivity contribution < 1.29 is 0 Å². The fourth-order valence-corrected chi connectivity index (χ4v) is 13.8. The molecule has 0 N–H and O–H groups in total. The van der Waals surface area contributed by atoms with Gasteiger partial charge in [0.1, 0.15) is 0 Å². The monoisotopic (exact) mass is 796 g/mol. The zero-order valence-electron chi connectivity index (χ0n) is 33.5. The molecule has 2 heterocycles. The van der Waals surface area contributed by atoms with E-state index >= 15 is 0 Å². The third kappa shape index (κ3) is 5.19. The summed E-state index contributed by atoms with van der Waals surface area (Å²) in [5.41, 5.74) is 17.3. The van der Waals surface area contributed by atoms with Crippen molar-refractivity contribution in [3.05, 3.63) is 231 Å². The van der Waals surface area contributed by atoms with Crippen molar-refractivity contribution in [1.82, 2.24) is 0 Å². The van der Waals surface area contributed by atoms with Gasteiger partial charge in [0, 0.05) is 56.0 Å². The van der Waals surface area contributed by atoms with Crippen LogP contribution in [-0.2, 0) is 0 Å². The molecule has 0 amide bonds. The Morgan fingerprint density at radius 1 is 0.661 bits per heavy atom. The summed E-state index contributed by atoms with van der Waals surface area (Å²) in [6.07, 6.45) is 29.0. The number of hydrogen-bond acceptors (Lipinski definition) is 4. The number of hydrogen-bond donors (Lipinski definition) is 0. The average molecular weight is 797 g/mol. The van der Waals surface area contributed by atoms with E-state index in [4.69, 9.17) is 0 Å². The van der Waals surface area contributed by atoms with Gasteiger partial charge >= 0.3 is 0 Å². The smallest absolute Gasteiger partial charge is 0.0683 e. The Morgan fingerprint density at radius 3 is 2.20 bits per heavy atom. The Hall–Kier alpha value is -5.81. The Bertz CT molecular complexity index is 3010. The van der Waals surface area contributed by atoms with Crippen LogP contribution >= 0.6 is 23.1 Å². The van der Waals surface area contributed by atoms with Crippen molar-refractivity contribution >= 4 is 60.3 Å². The molecular weight excluding hydrogens is 753 g/mol. The van der Waals surface area contributed by atoms with E-state index < -0.39 is 0 Å². The zero-order chi connectivity index (χ0) is 39.4. The summed E-state index contributed by atoms with van der Waals surface area (Å²) >= 11 is 4.00. The minimum Gasteiger partial charge on any atom is -0.312 e. The maximum absolute atomic E-state index is 2.63. The molecule has 5 aromatic rings. The lowest BCUT2D eigenvalue weighted by atomic mass is 9.61. The first-order valence-corrected chi connectivity index (χ1v) is 22.6. The molecule has 4 heteroatoms. The molecule has 1 aliphatic heterocycles. The highest BCUT2D eigenvalue weighted by molar-refractivity contribution is 8.04. The Balaban J connectivity index is 1.04. The summed E-state index contributed by atoms with van der Waals surface area (Å²) in [7, 11) is 0. The normalized spacial score (nSPS) is 25.0. The fraction of sp³-hybridized carbons (Fsp3) is 0.164. The number of allylic oxidation sites excluding steroid dienone is 19. The second kappa shape index (κ2) is 13.4. The van der Waals surface area contributed by atoms with Gasteiger partial charge < -0.3 is 9.80 Å². The van der Waals surface area contributed by atoms with Crippen LogP contribution in [0.3, 0.4) is 0 Å². The van der Waals surface area contributed by atoms with E-state index in [9.17, 15) is 0 Å². The molecule has 0 spiro atoms. The predicted octanol–water partition coefficient (Wildman–Crippen LogP) is 15.0. The van der Waals surface area contributed by atoms with Gasteiger partial charge in [0.2, 0.25) is 0 Å². The van der Waals surface area contributed by atoms with E-state index in [2.05, 4.69) is 212 Å². The summed E-state index contributed by atoms with van der Waals surface area (Å²) in [4.78, 5) is 6.74. The molecule has 0 fully saturated rings. The Morgan fingerprint density at radius 2 is 1.37 bits per heavy atom. The van der Waals surface area contributed by atoms with Crippen LogP contribution in [0.25, 0.3) is 20.2 Å². The molecule has 12 rings (SSSR count). The van der Waals surface area contributed by atoms with Gasteiger partial charge in [-0.25, -0.2) is 0 Å². The first-order valence-electron chi connectivity index (χ1n) is 21.0. The summed E-state index contributed by atoms with van der Waals surface area (Å²) in [6.45, 7) is 7.16. The summed E-state index contributed by atoms with van der Waals surface area (Å²) < 4.78 is 2.51. The molecule has 0 saturated carbocycles. The number of rotatable bonds is 6. The number of thiophene rings is 1. The summed E-state index contributed by atoms with van der Waals surface area (Å²) in [5.74, 6) is 0.706. The lowest BCUT2D eigenvalue weighted by Crippen LogP contribution is -2.42. The molecule has 6 aliphatic carbocycles. The van der Waals surface area contributed by atoms with Crippen molar-refractivity contribution in [3.63, 3.8) is 0 Å². The first kappa shape index (κ1) is 35.2. The first-order chi connectivity index (χ1) is 29.0. The quantitative estimate of drug-likeness (QED) is 0.169. The maximum Gasteiger partial charge on any atom is 0.0683 e. The second-order valence-corrected chi connectivity index (χ2v) is 19.5. The second-order valence-electron chi connectivity index (χ2n) is 16.9. The highest BCUT2D eigenvalue weighted by Gasteiger charge is 2.51. The highest BCUT2D eigenvalue weighted by atomic mass is 32.2. The molecule has 4 unspecified atom stereocenters. The number of benzene rings is 4. The summed E-state index contributed by atoms with van der Waals surface area (Å²) in [5, 5.41) is 2.63. The van der Waals surface area contributed by atoms with E-state index in [-0.39, 0.29) is 16.6 Å². The van der Waals surface area contributed by atoms with Crippen LogP contribution < -0.4 is 9.80 Å². The zero-order valence-corrected chi connectivity index (χ0v) is 35.2. The van der Waals surface area contributed by atoms with Gasteiger partial charge in [0.15, 0.2) is 0 Å².